The van der Waals surface area contributed by atoms with E-state index < -0.39 is 18.8 Å². The van der Waals surface area contributed by atoms with Crippen molar-refractivity contribution in [3.8, 4) is 5.75 Å². The van der Waals surface area contributed by atoms with E-state index in [0.29, 0.717) is 6.42 Å². The van der Waals surface area contributed by atoms with E-state index in [0.717, 1.165) is 11.1 Å². The van der Waals surface area contributed by atoms with Gasteiger partial charge in [0.15, 0.2) is 6.61 Å². The van der Waals surface area contributed by atoms with Crippen LogP contribution in [0, 0.1) is 0 Å². The quantitative estimate of drug-likeness (QED) is 0.733. The molecule has 0 aromatic heterocycles. The molecular formula is C19H18F3NO4. The number of carbonyl (C=O) groups excluding carboxylic acids is 1. The minimum absolute atomic E-state index is 0.104. The highest BCUT2D eigenvalue weighted by atomic mass is 19.4. The third-order valence-corrected chi connectivity index (χ3v) is 3.66. The summed E-state index contributed by atoms with van der Waals surface area (Å²) in [5.74, 6) is -1.09. The summed E-state index contributed by atoms with van der Waals surface area (Å²) in [6.45, 7) is -1.10. The van der Waals surface area contributed by atoms with Crippen molar-refractivity contribution < 1.29 is 32.6 Å². The van der Waals surface area contributed by atoms with Crippen molar-refractivity contribution in [2.75, 3.05) is 6.61 Å². The largest absolute Gasteiger partial charge is 0.484 e. The van der Waals surface area contributed by atoms with E-state index in [9.17, 15) is 22.8 Å². The van der Waals surface area contributed by atoms with Gasteiger partial charge in [-0.15, -0.1) is 0 Å². The summed E-state index contributed by atoms with van der Waals surface area (Å²) in [6.07, 6.45) is -3.68. The summed E-state index contributed by atoms with van der Waals surface area (Å²) in [5, 5.41) is 11.6. The van der Waals surface area contributed by atoms with Crippen LogP contribution < -0.4 is 10.1 Å². The lowest BCUT2D eigenvalue weighted by Crippen LogP contribution is -2.23. The number of aryl methyl sites for hydroxylation is 1. The van der Waals surface area contributed by atoms with Crippen LogP contribution in [0.15, 0.2) is 48.5 Å². The van der Waals surface area contributed by atoms with Crippen LogP contribution in [0.3, 0.4) is 0 Å². The maximum absolute atomic E-state index is 12.1. The molecule has 144 valence electrons. The number of ether oxygens (including phenoxy) is 1. The Labute approximate surface area is 153 Å². The van der Waals surface area contributed by atoms with Gasteiger partial charge in [0, 0.05) is 13.0 Å². The van der Waals surface area contributed by atoms with Crippen LogP contribution in [0.25, 0.3) is 0 Å². The number of alkyl halides is 3. The molecule has 0 unspecified atom stereocenters. The minimum Gasteiger partial charge on any atom is -0.484 e. The van der Waals surface area contributed by atoms with Crippen molar-refractivity contribution in [1.82, 2.24) is 5.32 Å². The lowest BCUT2D eigenvalue weighted by Gasteiger charge is -2.10. The van der Waals surface area contributed by atoms with Gasteiger partial charge < -0.3 is 15.2 Å². The zero-order valence-corrected chi connectivity index (χ0v) is 14.3. The van der Waals surface area contributed by atoms with Crippen molar-refractivity contribution in [3.63, 3.8) is 0 Å². The molecule has 0 fully saturated rings. The molecule has 2 aromatic rings. The van der Waals surface area contributed by atoms with Crippen LogP contribution in [0.1, 0.15) is 27.9 Å². The summed E-state index contributed by atoms with van der Waals surface area (Å²) in [6, 6.07) is 12.3. The third kappa shape index (κ3) is 7.39. The number of hydrogen-bond acceptors (Lipinski definition) is 3. The Morgan fingerprint density at radius 3 is 2.11 bits per heavy atom. The average molecular weight is 381 g/mol. The molecule has 0 atom stereocenters. The summed E-state index contributed by atoms with van der Waals surface area (Å²) in [7, 11) is 0. The number of rotatable bonds is 8. The lowest BCUT2D eigenvalue weighted by molar-refractivity contribution is -0.153. The standard InChI is InChI=1S/C19H18F3NO4/c20-19(21,22)12-27-16-8-3-14(4-9-16)11-23-17(24)10-5-13-1-6-15(7-2-13)18(25)26/h1-4,6-9H,5,10-12H2,(H,23,24)(H,25,26). The summed E-state index contributed by atoms with van der Waals surface area (Å²) in [4.78, 5) is 22.7. The molecule has 0 heterocycles. The zero-order chi connectivity index (χ0) is 19.9. The van der Waals surface area contributed by atoms with E-state index in [1.165, 1.54) is 24.3 Å². The molecular weight excluding hydrogens is 363 g/mol. The second-order valence-electron chi connectivity index (χ2n) is 5.83. The van der Waals surface area contributed by atoms with Crippen molar-refractivity contribution >= 4 is 11.9 Å². The number of hydrogen-bond donors (Lipinski definition) is 2. The van der Waals surface area contributed by atoms with Crippen molar-refractivity contribution in [2.45, 2.75) is 25.6 Å². The summed E-state index contributed by atoms with van der Waals surface area (Å²) < 4.78 is 40.9. The molecule has 0 aliphatic carbocycles. The second kappa shape index (κ2) is 9.07. The SMILES string of the molecule is O=C(CCc1ccc(C(=O)O)cc1)NCc1ccc(OCC(F)(F)F)cc1. The number of nitrogens with one attached hydrogen (secondary N) is 1. The highest BCUT2D eigenvalue weighted by Gasteiger charge is 2.28. The molecule has 0 aliphatic heterocycles. The van der Waals surface area contributed by atoms with E-state index in [1.54, 1.807) is 24.3 Å². The number of carboxylic acid groups (broad SMARTS) is 1. The number of amides is 1. The smallest absolute Gasteiger partial charge is 0.422 e. The topological polar surface area (TPSA) is 75.6 Å². The van der Waals surface area contributed by atoms with E-state index in [2.05, 4.69) is 10.1 Å². The molecule has 0 spiro atoms. The first-order valence-corrected chi connectivity index (χ1v) is 8.10. The first kappa shape index (κ1) is 20.3. The molecule has 0 aliphatic rings. The highest BCUT2D eigenvalue weighted by molar-refractivity contribution is 5.87. The minimum atomic E-state index is -4.39. The first-order chi connectivity index (χ1) is 12.7. The lowest BCUT2D eigenvalue weighted by atomic mass is 10.1. The van der Waals surface area contributed by atoms with Crippen molar-refractivity contribution in [1.29, 1.82) is 0 Å². The van der Waals surface area contributed by atoms with E-state index in [1.807, 2.05) is 0 Å². The van der Waals surface area contributed by atoms with Gasteiger partial charge in [-0.1, -0.05) is 24.3 Å². The molecule has 2 aromatic carbocycles. The van der Waals surface area contributed by atoms with E-state index >= 15 is 0 Å². The number of aromatic carboxylic acids is 1. The fraction of sp³-hybridized carbons (Fsp3) is 0.263. The molecule has 0 radical (unpaired) electrons. The van der Waals surface area contributed by atoms with Gasteiger partial charge in [-0.05, 0) is 41.8 Å². The van der Waals surface area contributed by atoms with Gasteiger partial charge in [-0.3, -0.25) is 4.79 Å². The molecule has 1 amide bonds. The second-order valence-corrected chi connectivity index (χ2v) is 5.83. The Bertz CT molecular complexity index is 771. The van der Waals surface area contributed by atoms with Gasteiger partial charge in [-0.2, -0.15) is 13.2 Å². The normalized spacial score (nSPS) is 11.1. The van der Waals surface area contributed by atoms with Crippen LogP contribution >= 0.6 is 0 Å². The van der Waals surface area contributed by atoms with Crippen LogP contribution in [-0.4, -0.2) is 29.8 Å². The predicted molar refractivity (Wildman–Crippen MR) is 91.6 cm³/mol. The molecule has 5 nitrogen and oxygen atoms in total. The van der Waals surface area contributed by atoms with Crippen LogP contribution in [0.4, 0.5) is 13.2 Å². The van der Waals surface area contributed by atoms with Gasteiger partial charge in [0.2, 0.25) is 5.91 Å². The Morgan fingerprint density at radius 2 is 1.56 bits per heavy atom. The molecule has 0 bridgehead atoms. The van der Waals surface area contributed by atoms with Gasteiger partial charge in [0.05, 0.1) is 5.56 Å². The maximum atomic E-state index is 12.1. The third-order valence-electron chi connectivity index (χ3n) is 3.66. The molecule has 8 heteroatoms. The Balaban J connectivity index is 1.74. The molecule has 0 saturated heterocycles. The van der Waals surface area contributed by atoms with Gasteiger partial charge in [0.25, 0.3) is 0 Å². The van der Waals surface area contributed by atoms with Crippen molar-refractivity contribution in [2.24, 2.45) is 0 Å². The number of benzene rings is 2. The highest BCUT2D eigenvalue weighted by Crippen LogP contribution is 2.18. The van der Waals surface area contributed by atoms with Gasteiger partial charge in [-0.25, -0.2) is 4.79 Å². The van der Waals surface area contributed by atoms with E-state index in [4.69, 9.17) is 5.11 Å². The van der Waals surface area contributed by atoms with Crippen LogP contribution in [0.2, 0.25) is 0 Å². The monoisotopic (exact) mass is 381 g/mol. The Kier molecular flexibility index (Phi) is 6.81. The fourth-order valence-electron chi connectivity index (χ4n) is 2.23. The molecule has 2 rings (SSSR count). The number of carbonyl (C=O) groups is 2. The fourth-order valence-corrected chi connectivity index (χ4v) is 2.23. The van der Waals surface area contributed by atoms with Crippen molar-refractivity contribution in [3.05, 3.63) is 65.2 Å². The molecule has 27 heavy (non-hydrogen) atoms. The average Bonchev–Trinajstić information content (AvgIpc) is 2.63. The van der Waals surface area contributed by atoms with Gasteiger partial charge >= 0.3 is 12.1 Å². The van der Waals surface area contributed by atoms with Crippen LogP contribution in [-0.2, 0) is 17.8 Å². The number of carboxylic acids is 1. The molecule has 2 N–H and O–H groups in total. The number of halogens is 3. The zero-order valence-electron chi connectivity index (χ0n) is 14.3. The van der Waals surface area contributed by atoms with Gasteiger partial charge in [0.1, 0.15) is 5.75 Å². The summed E-state index contributed by atoms with van der Waals surface area (Å²) in [5.41, 5.74) is 1.76. The molecule has 0 saturated carbocycles. The maximum Gasteiger partial charge on any atom is 0.422 e. The Morgan fingerprint density at radius 1 is 0.963 bits per heavy atom. The summed E-state index contributed by atoms with van der Waals surface area (Å²) >= 11 is 0. The Hall–Kier alpha value is -3.03. The van der Waals surface area contributed by atoms with Crippen LogP contribution in [0.5, 0.6) is 5.75 Å². The first-order valence-electron chi connectivity index (χ1n) is 8.10. The predicted octanol–water partition coefficient (Wildman–Crippen LogP) is 3.57. The van der Waals surface area contributed by atoms with E-state index in [-0.39, 0.29) is 30.2 Å².